The van der Waals surface area contributed by atoms with Crippen molar-refractivity contribution in [2.24, 2.45) is 0 Å². The van der Waals surface area contributed by atoms with E-state index < -0.39 is 0 Å². The smallest absolute Gasteiger partial charge is 0.124 e. The van der Waals surface area contributed by atoms with Gasteiger partial charge >= 0.3 is 0 Å². The van der Waals surface area contributed by atoms with Crippen molar-refractivity contribution < 1.29 is 18.9 Å². The molecule has 21 heavy (non-hydrogen) atoms. The van der Waals surface area contributed by atoms with Crippen LogP contribution in [0, 0.1) is 0 Å². The molecule has 0 aromatic heterocycles. The van der Waals surface area contributed by atoms with Gasteiger partial charge in [0.25, 0.3) is 0 Å². The first-order valence-electron chi connectivity index (χ1n) is 7.34. The van der Waals surface area contributed by atoms with Gasteiger partial charge in [0.05, 0.1) is 32.5 Å². The lowest BCUT2D eigenvalue weighted by Crippen LogP contribution is -2.26. The summed E-state index contributed by atoms with van der Waals surface area (Å²) < 4.78 is 21.5. The summed E-state index contributed by atoms with van der Waals surface area (Å²) in [5.74, 6) is 0.871. The molecule has 0 bridgehead atoms. The second-order valence-electron chi connectivity index (χ2n) is 4.56. The molecule has 5 nitrogen and oxygen atoms in total. The van der Waals surface area contributed by atoms with E-state index >= 15 is 0 Å². The molecule has 0 saturated heterocycles. The van der Waals surface area contributed by atoms with Crippen molar-refractivity contribution in [2.45, 2.75) is 13.0 Å². The number of methoxy groups -OCH3 is 2. The molecule has 120 valence electrons. The molecule has 1 N–H and O–H groups in total. The van der Waals surface area contributed by atoms with Gasteiger partial charge in [-0.25, -0.2) is 0 Å². The molecule has 1 rings (SSSR count). The third kappa shape index (κ3) is 6.91. The maximum absolute atomic E-state index is 5.79. The number of benzene rings is 1. The van der Waals surface area contributed by atoms with Crippen molar-refractivity contribution in [3.05, 3.63) is 29.8 Å². The van der Waals surface area contributed by atoms with Gasteiger partial charge in [-0.05, 0) is 12.6 Å². The van der Waals surface area contributed by atoms with Crippen LogP contribution >= 0.6 is 0 Å². The highest BCUT2D eigenvalue weighted by molar-refractivity contribution is 5.36. The first-order valence-corrected chi connectivity index (χ1v) is 7.34. The molecule has 0 saturated carbocycles. The maximum Gasteiger partial charge on any atom is 0.124 e. The van der Waals surface area contributed by atoms with E-state index in [0.29, 0.717) is 33.0 Å². The second kappa shape index (κ2) is 11.5. The molecule has 5 heteroatoms. The number of hydrogen-bond acceptors (Lipinski definition) is 5. The van der Waals surface area contributed by atoms with E-state index in [4.69, 9.17) is 18.9 Å². The van der Waals surface area contributed by atoms with Gasteiger partial charge in [0, 0.05) is 19.8 Å². The molecule has 0 aliphatic carbocycles. The van der Waals surface area contributed by atoms with E-state index in [1.807, 2.05) is 18.2 Å². The first-order chi connectivity index (χ1) is 10.3. The highest BCUT2D eigenvalue weighted by Gasteiger charge is 2.15. The van der Waals surface area contributed by atoms with Crippen LogP contribution in [-0.2, 0) is 14.2 Å². The number of nitrogens with one attached hydrogen (secondary N) is 1. The zero-order valence-electron chi connectivity index (χ0n) is 13.3. The molecule has 0 spiro atoms. The van der Waals surface area contributed by atoms with Crippen LogP contribution in [-0.4, -0.2) is 53.8 Å². The van der Waals surface area contributed by atoms with Gasteiger partial charge in [-0.15, -0.1) is 0 Å². The fraction of sp³-hybridized carbons (Fsp3) is 0.625. The summed E-state index contributed by atoms with van der Waals surface area (Å²) >= 11 is 0. The molecular weight excluding hydrogens is 270 g/mol. The lowest BCUT2D eigenvalue weighted by molar-refractivity contribution is 0.0582. The molecule has 1 aromatic carbocycles. The minimum absolute atomic E-state index is 0.102. The van der Waals surface area contributed by atoms with E-state index in [-0.39, 0.29) is 6.04 Å². The summed E-state index contributed by atoms with van der Waals surface area (Å²) in [5, 5.41) is 3.43. The molecule has 0 amide bonds. The quantitative estimate of drug-likeness (QED) is 0.598. The lowest BCUT2D eigenvalue weighted by Gasteiger charge is -2.21. The zero-order chi connectivity index (χ0) is 15.3. The fourth-order valence-corrected chi connectivity index (χ4v) is 1.98. The zero-order valence-corrected chi connectivity index (χ0v) is 13.3. The molecule has 0 aliphatic heterocycles. The van der Waals surface area contributed by atoms with Crippen LogP contribution in [0.1, 0.15) is 18.5 Å². The molecule has 1 unspecified atom stereocenters. The Morgan fingerprint density at radius 3 is 2.43 bits per heavy atom. The molecule has 1 aromatic rings. The van der Waals surface area contributed by atoms with Gasteiger partial charge in [0.15, 0.2) is 0 Å². The third-order valence-electron chi connectivity index (χ3n) is 3.01. The highest BCUT2D eigenvalue weighted by atomic mass is 16.5. The van der Waals surface area contributed by atoms with Gasteiger partial charge < -0.3 is 24.3 Å². The largest absolute Gasteiger partial charge is 0.491 e. The average Bonchev–Trinajstić information content (AvgIpc) is 2.51. The third-order valence-corrected chi connectivity index (χ3v) is 3.01. The van der Waals surface area contributed by atoms with Gasteiger partial charge in [0.1, 0.15) is 12.4 Å². The maximum atomic E-state index is 5.79. The second-order valence-corrected chi connectivity index (χ2v) is 4.56. The van der Waals surface area contributed by atoms with Crippen LogP contribution in [0.25, 0.3) is 0 Å². The molecule has 0 radical (unpaired) electrons. The monoisotopic (exact) mass is 297 g/mol. The van der Waals surface area contributed by atoms with Gasteiger partial charge in [-0.1, -0.05) is 25.1 Å². The molecule has 1 atom stereocenters. The number of ether oxygens (including phenoxy) is 4. The summed E-state index contributed by atoms with van der Waals surface area (Å²) in [6.07, 6.45) is 0. The van der Waals surface area contributed by atoms with E-state index in [0.717, 1.165) is 17.9 Å². The molecule has 0 aliphatic rings. The predicted octanol–water partition coefficient (Wildman–Crippen LogP) is 2.03. The Kier molecular flexibility index (Phi) is 9.82. The SMILES string of the molecule is CCNC(COCCOC)c1ccccc1OCCOC. The normalized spacial score (nSPS) is 12.3. The van der Waals surface area contributed by atoms with Crippen molar-refractivity contribution >= 4 is 0 Å². The number of para-hydroxylation sites is 1. The Bertz CT molecular complexity index is 373. The summed E-state index contributed by atoms with van der Waals surface area (Å²) in [6, 6.07) is 8.13. The first kappa shape index (κ1) is 17.9. The minimum Gasteiger partial charge on any atom is -0.491 e. The molecular formula is C16H27NO4. The standard InChI is InChI=1S/C16H27NO4/c1-4-17-15(13-20-11-9-18-2)14-7-5-6-8-16(14)21-12-10-19-3/h5-8,15,17H,4,9-13H2,1-3H3. The van der Waals surface area contributed by atoms with Crippen molar-refractivity contribution in [3.63, 3.8) is 0 Å². The Morgan fingerprint density at radius 2 is 1.71 bits per heavy atom. The van der Waals surface area contributed by atoms with Crippen LogP contribution in [0.15, 0.2) is 24.3 Å². The van der Waals surface area contributed by atoms with Crippen LogP contribution in [0.5, 0.6) is 5.75 Å². The van der Waals surface area contributed by atoms with E-state index in [2.05, 4.69) is 18.3 Å². The Hall–Kier alpha value is -1.14. The Balaban J connectivity index is 2.66. The van der Waals surface area contributed by atoms with Crippen molar-refractivity contribution in [1.29, 1.82) is 0 Å². The number of rotatable bonds is 12. The predicted molar refractivity (Wildman–Crippen MR) is 82.9 cm³/mol. The Morgan fingerprint density at radius 1 is 1.00 bits per heavy atom. The van der Waals surface area contributed by atoms with Crippen LogP contribution in [0.4, 0.5) is 0 Å². The number of likely N-dealkylation sites (N-methyl/N-ethyl adjacent to an activating group) is 1. The molecule has 0 fully saturated rings. The van der Waals surface area contributed by atoms with Crippen molar-refractivity contribution in [1.82, 2.24) is 5.32 Å². The summed E-state index contributed by atoms with van der Waals surface area (Å²) in [4.78, 5) is 0. The summed E-state index contributed by atoms with van der Waals surface area (Å²) in [6.45, 7) is 5.83. The minimum atomic E-state index is 0.102. The van der Waals surface area contributed by atoms with E-state index in [1.54, 1.807) is 14.2 Å². The highest BCUT2D eigenvalue weighted by Crippen LogP contribution is 2.25. The fourth-order valence-electron chi connectivity index (χ4n) is 1.98. The average molecular weight is 297 g/mol. The summed E-state index contributed by atoms with van der Waals surface area (Å²) in [5.41, 5.74) is 1.10. The van der Waals surface area contributed by atoms with Crippen LogP contribution in [0.2, 0.25) is 0 Å². The number of hydrogen-bond donors (Lipinski definition) is 1. The molecule has 0 heterocycles. The topological polar surface area (TPSA) is 49.0 Å². The van der Waals surface area contributed by atoms with Crippen molar-refractivity contribution in [2.75, 3.05) is 53.8 Å². The summed E-state index contributed by atoms with van der Waals surface area (Å²) in [7, 11) is 3.34. The van der Waals surface area contributed by atoms with E-state index in [9.17, 15) is 0 Å². The van der Waals surface area contributed by atoms with Crippen LogP contribution in [0.3, 0.4) is 0 Å². The van der Waals surface area contributed by atoms with Crippen LogP contribution < -0.4 is 10.1 Å². The lowest BCUT2D eigenvalue weighted by atomic mass is 10.1. The van der Waals surface area contributed by atoms with E-state index in [1.165, 1.54) is 0 Å². The van der Waals surface area contributed by atoms with Gasteiger partial charge in [-0.3, -0.25) is 0 Å². The van der Waals surface area contributed by atoms with Crippen molar-refractivity contribution in [3.8, 4) is 5.75 Å². The van der Waals surface area contributed by atoms with Gasteiger partial charge in [-0.2, -0.15) is 0 Å². The van der Waals surface area contributed by atoms with Gasteiger partial charge in [0.2, 0.25) is 0 Å². The Labute approximate surface area is 127 Å².